The smallest absolute Gasteiger partial charge is 0.305 e. The normalized spacial score (nSPS) is 11.0. The second-order valence-corrected chi connectivity index (χ2v) is 6.30. The fourth-order valence-electron chi connectivity index (χ4n) is 2.56. The summed E-state index contributed by atoms with van der Waals surface area (Å²) < 4.78 is 5.33. The molecule has 0 atom stereocenters. The molecule has 0 spiro atoms. The number of carbonyl (C=O) groups excluding carboxylic acids is 1. The van der Waals surface area contributed by atoms with Crippen LogP contribution in [0.1, 0.15) is 104 Å². The minimum atomic E-state index is 0.00136. The molecule has 0 amide bonds. The van der Waals surface area contributed by atoms with E-state index in [1.807, 2.05) is 0 Å². The van der Waals surface area contributed by atoms with E-state index in [1.165, 1.54) is 57.8 Å². The van der Waals surface area contributed by atoms with Crippen molar-refractivity contribution in [2.24, 2.45) is 5.92 Å². The highest BCUT2D eigenvalue weighted by molar-refractivity contribution is 5.69. The second-order valence-electron chi connectivity index (χ2n) is 6.30. The monoisotopic (exact) mass is 298 g/mol. The summed E-state index contributed by atoms with van der Waals surface area (Å²) >= 11 is 0. The minimum absolute atomic E-state index is 0.00136. The van der Waals surface area contributed by atoms with Crippen molar-refractivity contribution < 1.29 is 9.53 Å². The maximum absolute atomic E-state index is 11.6. The van der Waals surface area contributed by atoms with Gasteiger partial charge in [0.1, 0.15) is 0 Å². The summed E-state index contributed by atoms with van der Waals surface area (Å²) in [5.74, 6) is 0.545. The highest BCUT2D eigenvalue weighted by Gasteiger charge is 2.07. The molecule has 126 valence electrons. The van der Waals surface area contributed by atoms with Crippen molar-refractivity contribution in [1.29, 1.82) is 0 Å². The van der Waals surface area contributed by atoms with E-state index in [0.717, 1.165) is 19.3 Å². The number of rotatable bonds is 15. The van der Waals surface area contributed by atoms with Gasteiger partial charge in [0, 0.05) is 6.42 Å². The first-order valence-corrected chi connectivity index (χ1v) is 9.40. The maximum atomic E-state index is 11.6. The van der Waals surface area contributed by atoms with Crippen molar-refractivity contribution in [3.63, 3.8) is 0 Å². The molecule has 0 radical (unpaired) electrons. The first-order valence-electron chi connectivity index (χ1n) is 9.40. The summed E-state index contributed by atoms with van der Waals surface area (Å²) in [6, 6.07) is 0. The number of carbonyl (C=O) groups is 1. The molecule has 0 N–H and O–H groups in total. The third-order valence-corrected chi connectivity index (χ3v) is 4.37. The largest absolute Gasteiger partial charge is 0.465 e. The van der Waals surface area contributed by atoms with Gasteiger partial charge in [-0.3, -0.25) is 4.79 Å². The van der Waals surface area contributed by atoms with E-state index in [0.29, 0.717) is 18.9 Å². The van der Waals surface area contributed by atoms with Crippen molar-refractivity contribution in [3.05, 3.63) is 0 Å². The topological polar surface area (TPSA) is 26.3 Å². The molecule has 2 heteroatoms. The second kappa shape index (κ2) is 15.9. The molecule has 0 aliphatic heterocycles. The standard InChI is InChI=1S/C19H38O2/c1-4-7-8-9-10-11-12-13-14-15-16-19(20)21-17-18(5-2)6-3/h18H,4-17H2,1-3H3. The predicted molar refractivity (Wildman–Crippen MR) is 91.5 cm³/mol. The third-order valence-electron chi connectivity index (χ3n) is 4.37. The van der Waals surface area contributed by atoms with Crippen LogP contribution < -0.4 is 0 Å². The molecule has 0 aliphatic carbocycles. The van der Waals surface area contributed by atoms with Crippen molar-refractivity contribution in [1.82, 2.24) is 0 Å². The zero-order chi connectivity index (χ0) is 15.8. The van der Waals surface area contributed by atoms with Gasteiger partial charge in [-0.2, -0.15) is 0 Å². The van der Waals surface area contributed by atoms with Crippen LogP contribution in [-0.2, 0) is 9.53 Å². The predicted octanol–water partition coefficient (Wildman–Crippen LogP) is 6.28. The number of hydrogen-bond donors (Lipinski definition) is 0. The summed E-state index contributed by atoms with van der Waals surface area (Å²) in [5.41, 5.74) is 0. The molecule has 0 saturated heterocycles. The van der Waals surface area contributed by atoms with Crippen molar-refractivity contribution in [3.8, 4) is 0 Å². The van der Waals surface area contributed by atoms with Crippen LogP contribution in [0.4, 0.5) is 0 Å². The Labute approximate surface area is 133 Å². The molecule has 0 rings (SSSR count). The van der Waals surface area contributed by atoms with Crippen molar-refractivity contribution in [2.75, 3.05) is 6.61 Å². The fraction of sp³-hybridized carbons (Fsp3) is 0.947. The van der Waals surface area contributed by atoms with Gasteiger partial charge in [-0.25, -0.2) is 0 Å². The Morgan fingerprint density at radius 3 is 1.71 bits per heavy atom. The molecule has 2 nitrogen and oxygen atoms in total. The Balaban J connectivity index is 3.25. The van der Waals surface area contributed by atoms with Gasteiger partial charge < -0.3 is 4.74 Å². The van der Waals surface area contributed by atoms with E-state index >= 15 is 0 Å². The van der Waals surface area contributed by atoms with Crippen LogP contribution >= 0.6 is 0 Å². The number of esters is 1. The Bertz CT molecular complexity index is 222. The highest BCUT2D eigenvalue weighted by Crippen LogP contribution is 2.12. The van der Waals surface area contributed by atoms with Gasteiger partial charge in [0.15, 0.2) is 0 Å². The zero-order valence-corrected chi connectivity index (χ0v) is 14.8. The zero-order valence-electron chi connectivity index (χ0n) is 14.8. The molecule has 0 saturated carbocycles. The minimum Gasteiger partial charge on any atom is -0.465 e. The van der Waals surface area contributed by atoms with Gasteiger partial charge >= 0.3 is 5.97 Å². The fourth-order valence-corrected chi connectivity index (χ4v) is 2.56. The molecular weight excluding hydrogens is 260 g/mol. The highest BCUT2D eigenvalue weighted by atomic mass is 16.5. The molecular formula is C19H38O2. The summed E-state index contributed by atoms with van der Waals surface area (Å²) in [7, 11) is 0. The van der Waals surface area contributed by atoms with Crippen LogP contribution in [0.2, 0.25) is 0 Å². The molecule has 0 unspecified atom stereocenters. The molecule has 21 heavy (non-hydrogen) atoms. The summed E-state index contributed by atoms with van der Waals surface area (Å²) in [4.78, 5) is 11.6. The van der Waals surface area contributed by atoms with Crippen LogP contribution in [0.25, 0.3) is 0 Å². The molecule has 0 aromatic heterocycles. The SMILES string of the molecule is CCCCCCCCCCCCC(=O)OCC(CC)CC. The lowest BCUT2D eigenvalue weighted by atomic mass is 10.1. The first kappa shape index (κ1) is 20.5. The summed E-state index contributed by atoms with van der Waals surface area (Å²) in [6.45, 7) is 7.19. The van der Waals surface area contributed by atoms with Gasteiger partial charge in [-0.05, 0) is 12.3 Å². The molecule has 0 aromatic carbocycles. The Kier molecular flexibility index (Phi) is 15.5. The van der Waals surface area contributed by atoms with E-state index in [9.17, 15) is 4.79 Å². The molecule has 0 heterocycles. The molecule has 0 fully saturated rings. The van der Waals surface area contributed by atoms with E-state index in [2.05, 4.69) is 20.8 Å². The van der Waals surface area contributed by atoms with Crippen LogP contribution in [-0.4, -0.2) is 12.6 Å². The van der Waals surface area contributed by atoms with Gasteiger partial charge in [-0.15, -0.1) is 0 Å². The average Bonchev–Trinajstić information content (AvgIpc) is 2.50. The van der Waals surface area contributed by atoms with Gasteiger partial charge in [-0.1, -0.05) is 91.4 Å². The number of unbranched alkanes of at least 4 members (excludes halogenated alkanes) is 9. The van der Waals surface area contributed by atoms with Crippen LogP contribution in [0.15, 0.2) is 0 Å². The molecule has 0 bridgehead atoms. The van der Waals surface area contributed by atoms with E-state index in [-0.39, 0.29) is 5.97 Å². The van der Waals surface area contributed by atoms with E-state index in [1.54, 1.807) is 0 Å². The van der Waals surface area contributed by atoms with Crippen molar-refractivity contribution in [2.45, 2.75) is 104 Å². The van der Waals surface area contributed by atoms with Gasteiger partial charge in [0.25, 0.3) is 0 Å². The van der Waals surface area contributed by atoms with Crippen LogP contribution in [0.3, 0.4) is 0 Å². The average molecular weight is 299 g/mol. The lowest BCUT2D eigenvalue weighted by Crippen LogP contribution is -2.12. The number of hydrogen-bond acceptors (Lipinski definition) is 2. The van der Waals surface area contributed by atoms with Crippen LogP contribution in [0.5, 0.6) is 0 Å². The lowest BCUT2D eigenvalue weighted by molar-refractivity contribution is -0.145. The number of ether oxygens (including phenoxy) is 1. The van der Waals surface area contributed by atoms with E-state index in [4.69, 9.17) is 4.74 Å². The Morgan fingerprint density at radius 2 is 1.24 bits per heavy atom. The molecule has 0 aliphatic rings. The van der Waals surface area contributed by atoms with Gasteiger partial charge in [0.05, 0.1) is 6.61 Å². The Morgan fingerprint density at radius 1 is 0.762 bits per heavy atom. The quantitative estimate of drug-likeness (QED) is 0.263. The van der Waals surface area contributed by atoms with Crippen molar-refractivity contribution >= 4 is 5.97 Å². The Hall–Kier alpha value is -0.530. The van der Waals surface area contributed by atoms with E-state index < -0.39 is 0 Å². The summed E-state index contributed by atoms with van der Waals surface area (Å²) in [6.07, 6.45) is 15.8. The summed E-state index contributed by atoms with van der Waals surface area (Å²) in [5, 5.41) is 0. The van der Waals surface area contributed by atoms with Gasteiger partial charge in [0.2, 0.25) is 0 Å². The lowest BCUT2D eigenvalue weighted by Gasteiger charge is -2.12. The van der Waals surface area contributed by atoms with Crippen LogP contribution in [0, 0.1) is 5.92 Å². The first-order chi connectivity index (χ1) is 10.2. The maximum Gasteiger partial charge on any atom is 0.305 e. The molecule has 0 aromatic rings. The third kappa shape index (κ3) is 14.2.